The van der Waals surface area contributed by atoms with Crippen LogP contribution in [0.25, 0.3) is 0 Å². The fourth-order valence-corrected chi connectivity index (χ4v) is 1.97. The van der Waals surface area contributed by atoms with Crippen LogP contribution in [0.15, 0.2) is 24.3 Å². The van der Waals surface area contributed by atoms with E-state index in [-0.39, 0.29) is 12.5 Å². The Morgan fingerprint density at radius 1 is 1.50 bits per heavy atom. The summed E-state index contributed by atoms with van der Waals surface area (Å²) in [4.78, 5) is 12.6. The van der Waals surface area contributed by atoms with Gasteiger partial charge in [-0.2, -0.15) is 0 Å². The first-order valence-electron chi connectivity index (χ1n) is 6.19. The summed E-state index contributed by atoms with van der Waals surface area (Å²) in [6, 6.07) is 8.12. The average molecular weight is 250 g/mol. The molecule has 0 saturated heterocycles. The van der Waals surface area contributed by atoms with Gasteiger partial charge in [-0.25, -0.2) is 0 Å². The zero-order valence-electron chi connectivity index (χ0n) is 11.1. The van der Waals surface area contributed by atoms with Crippen LogP contribution in [0.3, 0.4) is 0 Å². The second-order valence-electron chi connectivity index (χ2n) is 4.86. The number of rotatable bonds is 7. The highest BCUT2D eigenvalue weighted by atomic mass is 16.4. The standard InChI is InChI=1S/C14H22N2O2/c1-11-4-3-5-12(8-11)6-7-16(2)10-13(15)9-14(17)18/h3-5,8,13H,6-7,9-10,15H2,1-2H3,(H,17,18). The number of nitrogens with zero attached hydrogens (tertiary/aromatic N) is 1. The average Bonchev–Trinajstić information content (AvgIpc) is 2.25. The Labute approximate surface area is 108 Å². The van der Waals surface area contributed by atoms with Crippen LogP contribution in [0, 0.1) is 6.92 Å². The smallest absolute Gasteiger partial charge is 0.304 e. The third kappa shape index (κ3) is 5.80. The molecule has 1 aromatic carbocycles. The maximum atomic E-state index is 10.5. The van der Waals surface area contributed by atoms with Crippen LogP contribution in [-0.4, -0.2) is 42.2 Å². The summed E-state index contributed by atoms with van der Waals surface area (Å²) in [6.45, 7) is 3.57. The van der Waals surface area contributed by atoms with Gasteiger partial charge in [0.1, 0.15) is 0 Å². The topological polar surface area (TPSA) is 66.6 Å². The summed E-state index contributed by atoms with van der Waals surface area (Å²) in [5.41, 5.74) is 8.31. The molecule has 0 heterocycles. The van der Waals surface area contributed by atoms with Gasteiger partial charge < -0.3 is 15.7 Å². The van der Waals surface area contributed by atoms with E-state index in [0.29, 0.717) is 6.54 Å². The van der Waals surface area contributed by atoms with Crippen LogP contribution < -0.4 is 5.73 Å². The van der Waals surface area contributed by atoms with Gasteiger partial charge in [-0.1, -0.05) is 29.8 Å². The molecule has 4 heteroatoms. The van der Waals surface area contributed by atoms with Crippen molar-refractivity contribution in [3.63, 3.8) is 0 Å². The lowest BCUT2D eigenvalue weighted by Gasteiger charge is -2.20. The van der Waals surface area contributed by atoms with Crippen LogP contribution in [0.1, 0.15) is 17.5 Å². The van der Waals surface area contributed by atoms with Crippen LogP contribution in [0.4, 0.5) is 0 Å². The van der Waals surface area contributed by atoms with E-state index in [0.717, 1.165) is 13.0 Å². The normalized spacial score (nSPS) is 12.7. The van der Waals surface area contributed by atoms with Gasteiger partial charge in [0.2, 0.25) is 0 Å². The summed E-state index contributed by atoms with van der Waals surface area (Å²) in [5, 5.41) is 8.64. The Kier molecular flexibility index (Phi) is 5.82. The minimum Gasteiger partial charge on any atom is -0.481 e. The van der Waals surface area contributed by atoms with E-state index in [2.05, 4.69) is 36.1 Å². The van der Waals surface area contributed by atoms with Gasteiger partial charge in [-0.05, 0) is 26.0 Å². The van der Waals surface area contributed by atoms with Gasteiger partial charge in [-0.15, -0.1) is 0 Å². The van der Waals surface area contributed by atoms with Gasteiger partial charge >= 0.3 is 5.97 Å². The minimum absolute atomic E-state index is 0.0226. The lowest BCUT2D eigenvalue weighted by atomic mass is 10.1. The fourth-order valence-electron chi connectivity index (χ4n) is 1.97. The van der Waals surface area contributed by atoms with Gasteiger partial charge in [0.25, 0.3) is 0 Å². The maximum Gasteiger partial charge on any atom is 0.304 e. The number of nitrogens with two attached hydrogens (primary N) is 1. The van der Waals surface area contributed by atoms with E-state index in [1.165, 1.54) is 11.1 Å². The Morgan fingerprint density at radius 3 is 2.83 bits per heavy atom. The molecule has 100 valence electrons. The lowest BCUT2D eigenvalue weighted by molar-refractivity contribution is -0.137. The third-order valence-corrected chi connectivity index (χ3v) is 2.85. The van der Waals surface area contributed by atoms with E-state index in [1.54, 1.807) is 0 Å². The Morgan fingerprint density at radius 2 is 2.22 bits per heavy atom. The zero-order chi connectivity index (χ0) is 13.5. The molecule has 1 atom stereocenters. The molecule has 0 amide bonds. The molecule has 3 N–H and O–H groups in total. The number of hydrogen-bond acceptors (Lipinski definition) is 3. The van der Waals surface area contributed by atoms with Crippen molar-refractivity contribution in [3.8, 4) is 0 Å². The van der Waals surface area contributed by atoms with Gasteiger partial charge in [0.05, 0.1) is 6.42 Å². The molecular weight excluding hydrogens is 228 g/mol. The van der Waals surface area contributed by atoms with Crippen molar-refractivity contribution in [2.24, 2.45) is 5.73 Å². The first-order valence-corrected chi connectivity index (χ1v) is 6.19. The van der Waals surface area contributed by atoms with Crippen LogP contribution in [-0.2, 0) is 11.2 Å². The molecule has 0 radical (unpaired) electrons. The van der Waals surface area contributed by atoms with E-state index >= 15 is 0 Å². The lowest BCUT2D eigenvalue weighted by Crippen LogP contribution is -2.37. The number of likely N-dealkylation sites (N-methyl/N-ethyl adjacent to an activating group) is 1. The molecule has 0 aromatic heterocycles. The number of aryl methyl sites for hydroxylation is 1. The molecule has 0 saturated carbocycles. The monoisotopic (exact) mass is 250 g/mol. The SMILES string of the molecule is Cc1cccc(CCN(C)CC(N)CC(=O)O)c1. The predicted octanol–water partition coefficient (Wildman–Crippen LogP) is 1.27. The first kappa shape index (κ1) is 14.7. The highest BCUT2D eigenvalue weighted by Gasteiger charge is 2.10. The third-order valence-electron chi connectivity index (χ3n) is 2.85. The van der Waals surface area contributed by atoms with Crippen molar-refractivity contribution >= 4 is 5.97 Å². The largest absolute Gasteiger partial charge is 0.481 e. The molecule has 18 heavy (non-hydrogen) atoms. The molecule has 0 aliphatic heterocycles. The molecular formula is C14H22N2O2. The molecule has 4 nitrogen and oxygen atoms in total. The van der Waals surface area contributed by atoms with Crippen molar-refractivity contribution in [1.82, 2.24) is 4.90 Å². The molecule has 0 spiro atoms. The quantitative estimate of drug-likeness (QED) is 0.765. The number of carboxylic acids is 1. The summed E-state index contributed by atoms with van der Waals surface area (Å²) >= 11 is 0. The van der Waals surface area contributed by atoms with Crippen molar-refractivity contribution in [1.29, 1.82) is 0 Å². The van der Waals surface area contributed by atoms with E-state index in [9.17, 15) is 4.79 Å². The molecule has 1 aromatic rings. The summed E-state index contributed by atoms with van der Waals surface area (Å²) in [6.07, 6.45) is 0.979. The summed E-state index contributed by atoms with van der Waals surface area (Å²) < 4.78 is 0. The van der Waals surface area contributed by atoms with E-state index in [4.69, 9.17) is 10.8 Å². The van der Waals surface area contributed by atoms with Gasteiger partial charge in [0, 0.05) is 19.1 Å². The Bertz CT molecular complexity index is 393. The van der Waals surface area contributed by atoms with Gasteiger partial charge in [-0.3, -0.25) is 4.79 Å². The van der Waals surface area contributed by atoms with Crippen molar-refractivity contribution in [2.45, 2.75) is 25.8 Å². The fraction of sp³-hybridized carbons (Fsp3) is 0.500. The predicted molar refractivity (Wildman–Crippen MR) is 72.6 cm³/mol. The molecule has 0 aliphatic rings. The maximum absolute atomic E-state index is 10.5. The molecule has 0 fully saturated rings. The van der Waals surface area contributed by atoms with Crippen molar-refractivity contribution < 1.29 is 9.90 Å². The number of carbonyl (C=O) groups is 1. The minimum atomic E-state index is -0.838. The molecule has 1 unspecified atom stereocenters. The van der Waals surface area contributed by atoms with Crippen LogP contribution in [0.5, 0.6) is 0 Å². The highest BCUT2D eigenvalue weighted by molar-refractivity contribution is 5.67. The highest BCUT2D eigenvalue weighted by Crippen LogP contribution is 2.05. The van der Waals surface area contributed by atoms with Crippen molar-refractivity contribution in [3.05, 3.63) is 35.4 Å². The molecule has 1 rings (SSSR count). The second kappa shape index (κ2) is 7.13. The van der Waals surface area contributed by atoms with Crippen molar-refractivity contribution in [2.75, 3.05) is 20.1 Å². The van der Waals surface area contributed by atoms with E-state index in [1.807, 2.05) is 7.05 Å². The number of hydrogen-bond donors (Lipinski definition) is 2. The number of aliphatic carboxylic acids is 1. The van der Waals surface area contributed by atoms with Gasteiger partial charge in [0.15, 0.2) is 0 Å². The molecule has 0 bridgehead atoms. The summed E-state index contributed by atoms with van der Waals surface area (Å²) in [5.74, 6) is -0.838. The zero-order valence-corrected chi connectivity index (χ0v) is 11.1. The first-order chi connectivity index (χ1) is 8.47. The molecule has 0 aliphatic carbocycles. The summed E-state index contributed by atoms with van der Waals surface area (Å²) in [7, 11) is 1.97. The van der Waals surface area contributed by atoms with E-state index < -0.39 is 5.97 Å². The Hall–Kier alpha value is -1.39. The Balaban J connectivity index is 2.32. The second-order valence-corrected chi connectivity index (χ2v) is 4.86. The van der Waals surface area contributed by atoms with Crippen LogP contribution in [0.2, 0.25) is 0 Å². The number of carboxylic acid groups (broad SMARTS) is 1. The number of benzene rings is 1. The van der Waals surface area contributed by atoms with Crippen LogP contribution >= 0.6 is 0 Å².